The van der Waals surface area contributed by atoms with Crippen molar-refractivity contribution in [2.24, 2.45) is 11.7 Å². The summed E-state index contributed by atoms with van der Waals surface area (Å²) in [6, 6.07) is 3.63. The van der Waals surface area contributed by atoms with E-state index in [2.05, 4.69) is 22.4 Å². The summed E-state index contributed by atoms with van der Waals surface area (Å²) in [4.78, 5) is 13.1. The Kier molecular flexibility index (Phi) is 5.03. The Labute approximate surface area is 108 Å². The number of aromatic nitrogens is 2. The van der Waals surface area contributed by atoms with E-state index in [9.17, 15) is 4.79 Å². The third kappa shape index (κ3) is 3.66. The predicted octanol–water partition coefficient (Wildman–Crippen LogP) is 0.574. The van der Waals surface area contributed by atoms with Crippen molar-refractivity contribution in [3.05, 3.63) is 17.8 Å². The molecule has 0 aromatic carbocycles. The first-order valence-corrected chi connectivity index (χ1v) is 5.97. The van der Waals surface area contributed by atoms with Gasteiger partial charge in [-0.2, -0.15) is 0 Å². The second-order valence-electron chi connectivity index (χ2n) is 4.65. The van der Waals surface area contributed by atoms with E-state index >= 15 is 0 Å². The quantitative estimate of drug-likeness (QED) is 0.799. The van der Waals surface area contributed by atoms with Crippen LogP contribution in [0.4, 0.5) is 5.82 Å². The number of rotatable bonds is 5. The monoisotopic (exact) mass is 251 g/mol. The molecule has 18 heavy (non-hydrogen) atoms. The zero-order chi connectivity index (χ0) is 13.7. The van der Waals surface area contributed by atoms with Crippen molar-refractivity contribution in [2.75, 3.05) is 26.0 Å². The highest BCUT2D eigenvalue weighted by atomic mass is 16.2. The molecule has 2 unspecified atom stereocenters. The maximum Gasteiger partial charge on any atom is 0.273 e. The second-order valence-corrected chi connectivity index (χ2v) is 4.65. The molecule has 1 aromatic heterocycles. The van der Waals surface area contributed by atoms with Crippen LogP contribution in [-0.2, 0) is 0 Å². The lowest BCUT2D eigenvalue weighted by molar-refractivity contribution is 0.0821. The maximum atomic E-state index is 11.6. The van der Waals surface area contributed by atoms with E-state index in [1.165, 1.54) is 4.90 Å². The smallest absolute Gasteiger partial charge is 0.273 e. The topological polar surface area (TPSA) is 84.1 Å². The molecule has 0 spiro atoms. The van der Waals surface area contributed by atoms with Crippen molar-refractivity contribution in [3.8, 4) is 0 Å². The molecule has 1 amide bonds. The summed E-state index contributed by atoms with van der Waals surface area (Å²) in [6.07, 6.45) is 0. The van der Waals surface area contributed by atoms with E-state index in [0.29, 0.717) is 24.0 Å². The number of nitrogens with one attached hydrogen (secondary N) is 1. The van der Waals surface area contributed by atoms with Crippen LogP contribution in [0.2, 0.25) is 0 Å². The fourth-order valence-corrected chi connectivity index (χ4v) is 1.33. The van der Waals surface area contributed by atoms with E-state index in [-0.39, 0.29) is 11.9 Å². The average Bonchev–Trinajstić information content (AvgIpc) is 2.37. The Balaban J connectivity index is 2.69. The standard InChI is InChI=1S/C12H21N5O/c1-8(7-13)9(2)14-11-6-5-10(15-16-11)12(18)17(3)4/h5-6,8-9H,7,13H2,1-4H3,(H,14,16). The van der Waals surface area contributed by atoms with Crippen molar-refractivity contribution in [3.63, 3.8) is 0 Å². The van der Waals surface area contributed by atoms with Crippen LogP contribution < -0.4 is 11.1 Å². The second kappa shape index (κ2) is 6.30. The molecule has 1 heterocycles. The largest absolute Gasteiger partial charge is 0.366 e. The number of hydrogen-bond acceptors (Lipinski definition) is 5. The minimum absolute atomic E-state index is 0.155. The SMILES string of the molecule is CC(CN)C(C)Nc1ccc(C(=O)N(C)C)nn1. The Morgan fingerprint density at radius 1 is 1.39 bits per heavy atom. The summed E-state index contributed by atoms with van der Waals surface area (Å²) < 4.78 is 0. The van der Waals surface area contributed by atoms with Crippen molar-refractivity contribution in [1.29, 1.82) is 0 Å². The number of amides is 1. The Morgan fingerprint density at radius 2 is 2.06 bits per heavy atom. The van der Waals surface area contributed by atoms with Crippen molar-refractivity contribution in [1.82, 2.24) is 15.1 Å². The van der Waals surface area contributed by atoms with Gasteiger partial charge in [0.05, 0.1) is 0 Å². The van der Waals surface area contributed by atoms with Crippen molar-refractivity contribution >= 4 is 11.7 Å². The van der Waals surface area contributed by atoms with Gasteiger partial charge in [-0.3, -0.25) is 4.79 Å². The summed E-state index contributed by atoms with van der Waals surface area (Å²) in [7, 11) is 3.36. The molecule has 100 valence electrons. The van der Waals surface area contributed by atoms with Gasteiger partial charge < -0.3 is 16.0 Å². The predicted molar refractivity (Wildman–Crippen MR) is 71.4 cm³/mol. The van der Waals surface area contributed by atoms with Crippen LogP contribution in [-0.4, -0.2) is 47.7 Å². The molecule has 2 atom stereocenters. The van der Waals surface area contributed by atoms with Gasteiger partial charge in [0.2, 0.25) is 0 Å². The Morgan fingerprint density at radius 3 is 2.50 bits per heavy atom. The van der Waals surface area contributed by atoms with Crippen molar-refractivity contribution in [2.45, 2.75) is 19.9 Å². The third-order valence-electron chi connectivity index (χ3n) is 2.89. The summed E-state index contributed by atoms with van der Waals surface area (Å²) in [5.74, 6) is 0.838. The minimum Gasteiger partial charge on any atom is -0.366 e. The zero-order valence-corrected chi connectivity index (χ0v) is 11.3. The highest BCUT2D eigenvalue weighted by Crippen LogP contribution is 2.09. The molecular weight excluding hydrogens is 230 g/mol. The zero-order valence-electron chi connectivity index (χ0n) is 11.3. The summed E-state index contributed by atoms with van der Waals surface area (Å²) >= 11 is 0. The van der Waals surface area contributed by atoms with Gasteiger partial charge in [0, 0.05) is 20.1 Å². The first kappa shape index (κ1) is 14.4. The fraction of sp³-hybridized carbons (Fsp3) is 0.583. The number of anilines is 1. The highest BCUT2D eigenvalue weighted by Gasteiger charge is 2.13. The molecule has 6 heteroatoms. The van der Waals surface area contributed by atoms with Crippen LogP contribution in [0.1, 0.15) is 24.3 Å². The molecule has 0 radical (unpaired) electrons. The van der Waals surface area contributed by atoms with E-state index in [1.54, 1.807) is 26.2 Å². The average molecular weight is 251 g/mol. The van der Waals surface area contributed by atoms with Gasteiger partial charge in [0.15, 0.2) is 5.69 Å². The van der Waals surface area contributed by atoms with Gasteiger partial charge in [-0.25, -0.2) is 0 Å². The van der Waals surface area contributed by atoms with Crippen LogP contribution in [0, 0.1) is 5.92 Å². The molecule has 0 aliphatic carbocycles. The van der Waals surface area contributed by atoms with Crippen LogP contribution in [0.5, 0.6) is 0 Å². The molecule has 6 nitrogen and oxygen atoms in total. The van der Waals surface area contributed by atoms with Crippen molar-refractivity contribution < 1.29 is 4.79 Å². The van der Waals surface area contributed by atoms with Crippen LogP contribution in [0.15, 0.2) is 12.1 Å². The first-order valence-electron chi connectivity index (χ1n) is 5.97. The lowest BCUT2D eigenvalue weighted by atomic mass is 10.0. The van der Waals surface area contributed by atoms with Gasteiger partial charge in [0.25, 0.3) is 5.91 Å². The summed E-state index contributed by atoms with van der Waals surface area (Å²) in [5, 5.41) is 11.1. The summed E-state index contributed by atoms with van der Waals surface area (Å²) in [5.41, 5.74) is 5.94. The Hall–Kier alpha value is -1.69. The molecule has 0 aliphatic rings. The lowest BCUT2D eigenvalue weighted by Crippen LogP contribution is -2.30. The number of carbonyl (C=O) groups is 1. The molecule has 0 fully saturated rings. The molecule has 0 aliphatic heterocycles. The Bertz CT molecular complexity index is 390. The molecule has 3 N–H and O–H groups in total. The molecule has 0 saturated heterocycles. The molecule has 1 aromatic rings. The number of nitrogens with two attached hydrogens (primary N) is 1. The number of hydrogen-bond donors (Lipinski definition) is 2. The number of carbonyl (C=O) groups excluding carboxylic acids is 1. The normalized spacial score (nSPS) is 13.8. The van der Waals surface area contributed by atoms with Gasteiger partial charge in [-0.1, -0.05) is 6.92 Å². The maximum absolute atomic E-state index is 11.6. The van der Waals surface area contributed by atoms with Crippen LogP contribution in [0.3, 0.4) is 0 Å². The molecule has 1 rings (SSSR count). The van der Waals surface area contributed by atoms with Crippen LogP contribution >= 0.6 is 0 Å². The number of nitrogens with zero attached hydrogens (tertiary/aromatic N) is 3. The van der Waals surface area contributed by atoms with Gasteiger partial charge in [-0.15, -0.1) is 10.2 Å². The van der Waals surface area contributed by atoms with E-state index in [4.69, 9.17) is 5.73 Å². The van der Waals surface area contributed by atoms with Gasteiger partial charge in [0.1, 0.15) is 5.82 Å². The van der Waals surface area contributed by atoms with Crippen LogP contribution in [0.25, 0.3) is 0 Å². The van der Waals surface area contributed by atoms with E-state index < -0.39 is 0 Å². The summed E-state index contributed by atoms with van der Waals surface area (Å²) in [6.45, 7) is 4.71. The minimum atomic E-state index is -0.155. The molecule has 0 bridgehead atoms. The van der Waals surface area contributed by atoms with E-state index in [0.717, 1.165) is 0 Å². The third-order valence-corrected chi connectivity index (χ3v) is 2.89. The lowest BCUT2D eigenvalue weighted by Gasteiger charge is -2.19. The van der Waals surface area contributed by atoms with Gasteiger partial charge in [-0.05, 0) is 31.5 Å². The fourth-order valence-electron chi connectivity index (χ4n) is 1.33. The van der Waals surface area contributed by atoms with E-state index in [1.807, 2.05) is 6.92 Å². The molecular formula is C12H21N5O. The first-order chi connectivity index (χ1) is 8.45. The molecule has 0 saturated carbocycles. The highest BCUT2D eigenvalue weighted by molar-refractivity contribution is 5.91. The van der Waals surface area contributed by atoms with Gasteiger partial charge >= 0.3 is 0 Å².